The summed E-state index contributed by atoms with van der Waals surface area (Å²) >= 11 is 5.62. The summed E-state index contributed by atoms with van der Waals surface area (Å²) < 4.78 is 10.7. The SMILES string of the molecule is O=c1cc(N=Nc2c(C3CO3)cc(=O)n(CCCl)c2O)[nH]o1. The number of aromatic nitrogens is 2. The maximum Gasteiger partial charge on any atom is 0.359 e. The minimum Gasteiger partial charge on any atom is -0.493 e. The molecule has 2 N–H and O–H groups in total. The zero-order valence-electron chi connectivity index (χ0n) is 11.2. The molecule has 9 nitrogen and oxygen atoms in total. The molecule has 1 fully saturated rings. The minimum atomic E-state index is -0.601. The molecular formula is C12H11ClN4O5. The molecule has 1 atom stereocenters. The second-order valence-corrected chi connectivity index (χ2v) is 4.90. The molecule has 1 aliphatic rings. The Bertz CT molecular complexity index is 833. The molecule has 1 saturated heterocycles. The minimum absolute atomic E-state index is 0.0853. The van der Waals surface area contributed by atoms with Crippen LogP contribution in [0.1, 0.15) is 11.7 Å². The first-order valence-electron chi connectivity index (χ1n) is 6.34. The van der Waals surface area contributed by atoms with Crippen molar-refractivity contribution in [2.45, 2.75) is 12.6 Å². The molecule has 0 saturated carbocycles. The summed E-state index contributed by atoms with van der Waals surface area (Å²) in [7, 11) is 0. The number of H-pyrrole nitrogens is 1. The van der Waals surface area contributed by atoms with Crippen molar-refractivity contribution in [3.8, 4) is 5.88 Å². The molecule has 0 spiro atoms. The predicted octanol–water partition coefficient (Wildman–Crippen LogP) is 1.56. The van der Waals surface area contributed by atoms with Crippen molar-refractivity contribution in [3.63, 3.8) is 0 Å². The number of ether oxygens (including phenoxy) is 1. The second-order valence-electron chi connectivity index (χ2n) is 4.53. The van der Waals surface area contributed by atoms with Gasteiger partial charge in [0.2, 0.25) is 5.88 Å². The Morgan fingerprint density at radius 3 is 2.77 bits per heavy atom. The standard InChI is InChI=1S/C12H11ClN4O5/c13-1-2-17-9(18)3-6(7-5-21-7)11(12(17)20)15-14-8-4-10(19)22-16-8/h3-4,7,16,20H,1-2,5H2. The van der Waals surface area contributed by atoms with Crippen LogP contribution in [-0.4, -0.2) is 27.3 Å². The first-order chi connectivity index (χ1) is 10.6. The van der Waals surface area contributed by atoms with Gasteiger partial charge in [0, 0.05) is 24.1 Å². The number of hydrogen-bond acceptors (Lipinski definition) is 7. The summed E-state index contributed by atoms with van der Waals surface area (Å²) in [4.78, 5) is 22.9. The summed E-state index contributed by atoms with van der Waals surface area (Å²) in [5, 5.41) is 20.2. The monoisotopic (exact) mass is 326 g/mol. The first-order valence-corrected chi connectivity index (χ1v) is 6.88. The van der Waals surface area contributed by atoms with Crippen LogP contribution in [0.5, 0.6) is 5.88 Å². The lowest BCUT2D eigenvalue weighted by molar-refractivity contribution is 0.392. The van der Waals surface area contributed by atoms with Crippen LogP contribution in [0.15, 0.2) is 36.5 Å². The number of pyridine rings is 1. The van der Waals surface area contributed by atoms with Crippen molar-refractivity contribution >= 4 is 23.1 Å². The number of aromatic hydroxyl groups is 1. The van der Waals surface area contributed by atoms with Crippen LogP contribution in [0, 0.1) is 0 Å². The zero-order valence-corrected chi connectivity index (χ0v) is 11.9. The Hall–Kier alpha value is -2.39. The lowest BCUT2D eigenvalue weighted by atomic mass is 10.1. The van der Waals surface area contributed by atoms with Gasteiger partial charge in [-0.25, -0.2) is 4.79 Å². The summed E-state index contributed by atoms with van der Waals surface area (Å²) in [6.45, 7) is 0.562. The van der Waals surface area contributed by atoms with Crippen molar-refractivity contribution in [3.05, 3.63) is 38.5 Å². The third kappa shape index (κ3) is 2.81. The first kappa shape index (κ1) is 14.5. The normalized spacial score (nSPS) is 17.2. The van der Waals surface area contributed by atoms with E-state index in [1.807, 2.05) is 0 Å². The van der Waals surface area contributed by atoms with E-state index in [0.29, 0.717) is 12.2 Å². The number of rotatable bonds is 5. The molecule has 2 aromatic rings. The van der Waals surface area contributed by atoms with Crippen LogP contribution in [0.2, 0.25) is 0 Å². The molecule has 0 radical (unpaired) electrons. The Kier molecular flexibility index (Phi) is 3.82. The van der Waals surface area contributed by atoms with Gasteiger partial charge in [-0.2, -0.15) is 5.16 Å². The van der Waals surface area contributed by atoms with E-state index >= 15 is 0 Å². The molecule has 0 amide bonds. The predicted molar refractivity (Wildman–Crippen MR) is 75.3 cm³/mol. The van der Waals surface area contributed by atoms with Gasteiger partial charge in [0.05, 0.1) is 12.7 Å². The molecule has 22 heavy (non-hydrogen) atoms. The molecule has 0 aliphatic carbocycles. The van der Waals surface area contributed by atoms with Crippen LogP contribution in [0.25, 0.3) is 0 Å². The third-order valence-electron chi connectivity index (χ3n) is 3.04. The summed E-state index contributed by atoms with van der Waals surface area (Å²) in [6, 6.07) is 2.43. The van der Waals surface area contributed by atoms with Gasteiger partial charge in [0.25, 0.3) is 5.56 Å². The van der Waals surface area contributed by atoms with Crippen molar-refractivity contribution in [2.24, 2.45) is 10.2 Å². The van der Waals surface area contributed by atoms with Gasteiger partial charge in [-0.15, -0.1) is 21.8 Å². The number of aromatic amines is 1. The molecule has 10 heteroatoms. The number of nitrogens with one attached hydrogen (secondary N) is 1. The van der Waals surface area contributed by atoms with E-state index in [0.717, 1.165) is 10.6 Å². The molecule has 3 rings (SSSR count). The molecule has 3 heterocycles. The highest BCUT2D eigenvalue weighted by Gasteiger charge is 2.31. The lowest BCUT2D eigenvalue weighted by Crippen LogP contribution is -2.20. The van der Waals surface area contributed by atoms with Crippen LogP contribution in [0.3, 0.4) is 0 Å². The smallest absolute Gasteiger partial charge is 0.359 e. The number of alkyl halides is 1. The van der Waals surface area contributed by atoms with Gasteiger partial charge >= 0.3 is 5.63 Å². The molecule has 0 bridgehead atoms. The van der Waals surface area contributed by atoms with Crippen molar-refractivity contribution in [1.82, 2.24) is 9.72 Å². The highest BCUT2D eigenvalue weighted by molar-refractivity contribution is 6.17. The number of azo groups is 1. The Morgan fingerprint density at radius 1 is 1.41 bits per heavy atom. The highest BCUT2D eigenvalue weighted by Crippen LogP contribution is 2.40. The average Bonchev–Trinajstić information content (AvgIpc) is 3.25. The molecule has 2 aromatic heterocycles. The van der Waals surface area contributed by atoms with E-state index in [4.69, 9.17) is 16.3 Å². The van der Waals surface area contributed by atoms with Crippen molar-refractivity contribution in [2.75, 3.05) is 12.5 Å². The lowest BCUT2D eigenvalue weighted by Gasteiger charge is -2.10. The highest BCUT2D eigenvalue weighted by atomic mass is 35.5. The molecule has 0 aromatic carbocycles. The van der Waals surface area contributed by atoms with Gasteiger partial charge in [0.15, 0.2) is 11.5 Å². The fraction of sp³-hybridized carbons (Fsp3) is 0.333. The maximum absolute atomic E-state index is 12.0. The van der Waals surface area contributed by atoms with Crippen LogP contribution in [0.4, 0.5) is 11.5 Å². The maximum atomic E-state index is 12.0. The van der Waals surface area contributed by atoms with E-state index in [2.05, 4.69) is 19.9 Å². The van der Waals surface area contributed by atoms with Gasteiger partial charge in [-0.3, -0.25) is 9.36 Å². The topological polar surface area (TPSA) is 125 Å². The van der Waals surface area contributed by atoms with Crippen LogP contribution < -0.4 is 11.2 Å². The van der Waals surface area contributed by atoms with E-state index < -0.39 is 11.2 Å². The van der Waals surface area contributed by atoms with Crippen LogP contribution >= 0.6 is 11.6 Å². The summed E-state index contributed by atoms with van der Waals surface area (Å²) in [6.07, 6.45) is -0.304. The Balaban J connectivity index is 2.07. The fourth-order valence-corrected chi connectivity index (χ4v) is 2.11. The van der Waals surface area contributed by atoms with Gasteiger partial charge in [0.1, 0.15) is 6.10 Å². The molecular weight excluding hydrogens is 316 g/mol. The molecule has 1 unspecified atom stereocenters. The quantitative estimate of drug-likeness (QED) is 0.490. The Labute approximate surface area is 127 Å². The van der Waals surface area contributed by atoms with Gasteiger partial charge in [-0.1, -0.05) is 0 Å². The third-order valence-corrected chi connectivity index (χ3v) is 3.21. The van der Waals surface area contributed by atoms with Crippen LogP contribution in [-0.2, 0) is 11.3 Å². The van der Waals surface area contributed by atoms with E-state index in [1.54, 1.807) is 0 Å². The largest absolute Gasteiger partial charge is 0.493 e. The molecule has 116 valence electrons. The number of nitrogens with zero attached hydrogens (tertiary/aromatic N) is 3. The fourth-order valence-electron chi connectivity index (χ4n) is 1.94. The number of epoxide rings is 1. The number of hydrogen-bond donors (Lipinski definition) is 2. The Morgan fingerprint density at radius 2 is 2.18 bits per heavy atom. The average molecular weight is 327 g/mol. The van der Waals surface area contributed by atoms with Gasteiger partial charge < -0.3 is 14.4 Å². The second kappa shape index (κ2) is 5.78. The molecule has 1 aliphatic heterocycles. The summed E-state index contributed by atoms with van der Waals surface area (Å²) in [5.74, 6) is -0.117. The zero-order chi connectivity index (χ0) is 15.7. The van der Waals surface area contributed by atoms with E-state index in [1.165, 1.54) is 6.07 Å². The van der Waals surface area contributed by atoms with Crippen molar-refractivity contribution in [1.29, 1.82) is 0 Å². The van der Waals surface area contributed by atoms with E-state index in [9.17, 15) is 14.7 Å². The van der Waals surface area contributed by atoms with Gasteiger partial charge in [-0.05, 0) is 0 Å². The number of halogens is 1. The summed E-state index contributed by atoms with van der Waals surface area (Å²) in [5.41, 5.74) is -0.479. The van der Waals surface area contributed by atoms with Crippen molar-refractivity contribution < 1.29 is 14.4 Å². The van der Waals surface area contributed by atoms with E-state index in [-0.39, 0.29) is 35.9 Å².